The monoisotopic (exact) mass is 257 g/mol. The maximum Gasteiger partial charge on any atom is 0.00861 e. The number of hydrogen-bond donors (Lipinski definition) is 1. The molecule has 0 bridgehead atoms. The third-order valence-electron chi connectivity index (χ3n) is 5.60. The average Bonchev–Trinajstić information content (AvgIpc) is 2.26. The van der Waals surface area contributed by atoms with Crippen LogP contribution in [0.25, 0.3) is 0 Å². The van der Waals surface area contributed by atoms with Gasteiger partial charge < -0.3 is 5.73 Å². The van der Waals surface area contributed by atoms with E-state index in [9.17, 15) is 0 Å². The molecule has 0 amide bonds. The van der Waals surface area contributed by atoms with E-state index in [-0.39, 0.29) is 10.8 Å². The van der Waals surface area contributed by atoms with Crippen molar-refractivity contribution in [2.45, 2.75) is 63.7 Å². The van der Waals surface area contributed by atoms with Crippen molar-refractivity contribution in [1.82, 2.24) is 0 Å². The fourth-order valence-corrected chi connectivity index (χ4v) is 4.20. The van der Waals surface area contributed by atoms with Crippen molar-refractivity contribution in [3.05, 3.63) is 35.4 Å². The first-order chi connectivity index (χ1) is 8.89. The maximum atomic E-state index is 6.12. The zero-order valence-corrected chi connectivity index (χ0v) is 12.6. The van der Waals surface area contributed by atoms with Crippen LogP contribution in [0.2, 0.25) is 0 Å². The molecule has 0 saturated heterocycles. The van der Waals surface area contributed by atoms with Crippen LogP contribution in [0.1, 0.15) is 64.0 Å². The summed E-state index contributed by atoms with van der Waals surface area (Å²) in [6.07, 6.45) is 6.96. The molecule has 1 aromatic rings. The lowest BCUT2D eigenvalue weighted by Gasteiger charge is -2.61. The Bertz CT molecular complexity index is 451. The highest BCUT2D eigenvalue weighted by molar-refractivity contribution is 5.36. The van der Waals surface area contributed by atoms with Crippen molar-refractivity contribution in [2.24, 2.45) is 11.1 Å². The van der Waals surface area contributed by atoms with Gasteiger partial charge >= 0.3 is 0 Å². The van der Waals surface area contributed by atoms with Crippen LogP contribution < -0.4 is 5.73 Å². The summed E-state index contributed by atoms with van der Waals surface area (Å²) in [5, 5.41) is 0. The molecule has 1 nitrogen and oxygen atoms in total. The lowest BCUT2D eigenvalue weighted by atomic mass is 9.44. The highest BCUT2D eigenvalue weighted by Crippen LogP contribution is 2.64. The minimum atomic E-state index is 0.239. The van der Waals surface area contributed by atoms with Gasteiger partial charge in [0.2, 0.25) is 0 Å². The van der Waals surface area contributed by atoms with Crippen LogP contribution in [0.3, 0.4) is 0 Å². The van der Waals surface area contributed by atoms with Gasteiger partial charge in [0.15, 0.2) is 0 Å². The molecule has 19 heavy (non-hydrogen) atoms. The molecule has 1 heteroatoms. The first kappa shape index (κ1) is 13.2. The van der Waals surface area contributed by atoms with Crippen LogP contribution in [0.4, 0.5) is 0 Å². The Morgan fingerprint density at radius 2 is 1.63 bits per heavy atom. The molecule has 1 aromatic carbocycles. The van der Waals surface area contributed by atoms with E-state index in [1.807, 2.05) is 0 Å². The van der Waals surface area contributed by atoms with Crippen LogP contribution in [-0.4, -0.2) is 6.54 Å². The molecule has 0 aliphatic heterocycles. The van der Waals surface area contributed by atoms with E-state index in [0.717, 1.165) is 6.54 Å². The molecule has 0 aromatic heterocycles. The summed E-state index contributed by atoms with van der Waals surface area (Å²) in [5.74, 6) is 0. The third-order valence-corrected chi connectivity index (χ3v) is 5.60. The highest BCUT2D eigenvalue weighted by Gasteiger charge is 2.56. The molecule has 2 aliphatic rings. The van der Waals surface area contributed by atoms with Crippen LogP contribution >= 0.6 is 0 Å². The second-order valence-corrected chi connectivity index (χ2v) is 8.02. The fourth-order valence-electron chi connectivity index (χ4n) is 4.20. The van der Waals surface area contributed by atoms with Crippen LogP contribution in [0.5, 0.6) is 0 Å². The number of hydrogen-bond acceptors (Lipinski definition) is 1. The van der Waals surface area contributed by atoms with Gasteiger partial charge in [-0.3, -0.25) is 0 Å². The lowest BCUT2D eigenvalue weighted by molar-refractivity contribution is -0.0446. The largest absolute Gasteiger partial charge is 0.330 e. The third kappa shape index (κ3) is 2.03. The molecular formula is C18H27N. The Hall–Kier alpha value is -0.820. The first-order valence-electron chi connectivity index (χ1n) is 7.70. The fraction of sp³-hybridized carbons (Fsp3) is 0.667. The topological polar surface area (TPSA) is 26.0 Å². The Labute approximate surface area is 117 Å². The van der Waals surface area contributed by atoms with Crippen LogP contribution in [0.15, 0.2) is 24.3 Å². The summed E-state index contributed by atoms with van der Waals surface area (Å²) in [6, 6.07) is 9.27. The van der Waals surface area contributed by atoms with Gasteiger partial charge in [0, 0.05) is 12.0 Å². The van der Waals surface area contributed by atoms with Gasteiger partial charge in [-0.2, -0.15) is 0 Å². The predicted octanol–water partition coefficient (Wildman–Crippen LogP) is 4.14. The zero-order chi connectivity index (χ0) is 13.7. The van der Waals surface area contributed by atoms with E-state index >= 15 is 0 Å². The molecule has 0 atom stereocenters. The molecule has 3 rings (SSSR count). The van der Waals surface area contributed by atoms with E-state index in [2.05, 4.69) is 45.0 Å². The molecule has 2 fully saturated rings. The van der Waals surface area contributed by atoms with E-state index in [0.29, 0.717) is 5.41 Å². The summed E-state index contributed by atoms with van der Waals surface area (Å²) in [5.41, 5.74) is 10.2. The van der Waals surface area contributed by atoms with E-state index in [1.54, 1.807) is 0 Å². The normalized spacial score (nSPS) is 23.8. The van der Waals surface area contributed by atoms with Gasteiger partial charge in [-0.1, -0.05) is 51.5 Å². The average molecular weight is 257 g/mol. The van der Waals surface area contributed by atoms with Crippen molar-refractivity contribution in [3.63, 3.8) is 0 Å². The van der Waals surface area contributed by atoms with Gasteiger partial charge in [-0.05, 0) is 47.6 Å². The van der Waals surface area contributed by atoms with E-state index in [4.69, 9.17) is 5.73 Å². The van der Waals surface area contributed by atoms with E-state index in [1.165, 1.54) is 43.2 Å². The van der Waals surface area contributed by atoms with Crippen molar-refractivity contribution in [1.29, 1.82) is 0 Å². The molecule has 0 unspecified atom stereocenters. The Balaban J connectivity index is 1.81. The molecule has 104 valence electrons. The summed E-state index contributed by atoms with van der Waals surface area (Å²) in [7, 11) is 0. The van der Waals surface area contributed by atoms with Gasteiger partial charge in [0.25, 0.3) is 0 Å². The molecule has 2 aliphatic carbocycles. The molecule has 2 saturated carbocycles. The molecule has 1 spiro atoms. The summed E-state index contributed by atoms with van der Waals surface area (Å²) in [4.78, 5) is 0. The number of rotatable bonds is 2. The maximum absolute atomic E-state index is 6.12. The van der Waals surface area contributed by atoms with Crippen molar-refractivity contribution >= 4 is 0 Å². The lowest BCUT2D eigenvalue weighted by Crippen LogP contribution is -2.56. The Kier molecular flexibility index (Phi) is 2.83. The van der Waals surface area contributed by atoms with Gasteiger partial charge in [-0.25, -0.2) is 0 Å². The smallest absolute Gasteiger partial charge is 0.00861 e. The van der Waals surface area contributed by atoms with Gasteiger partial charge in [0.05, 0.1) is 0 Å². The standard InChI is InChI=1S/C18H27N/c1-16(2,3)14-5-7-15(8-6-14)18(13-19)11-17(12-18)9-4-10-17/h5-8H,4,9-13,19H2,1-3H3. The van der Waals surface area contributed by atoms with Gasteiger partial charge in [0.1, 0.15) is 0 Å². The number of benzene rings is 1. The zero-order valence-electron chi connectivity index (χ0n) is 12.6. The highest BCUT2D eigenvalue weighted by atomic mass is 14.7. The second kappa shape index (κ2) is 4.09. The number of nitrogens with two attached hydrogens (primary N) is 1. The minimum absolute atomic E-state index is 0.239. The van der Waals surface area contributed by atoms with Crippen molar-refractivity contribution in [2.75, 3.05) is 6.54 Å². The molecule has 0 heterocycles. The molecular weight excluding hydrogens is 230 g/mol. The van der Waals surface area contributed by atoms with Gasteiger partial charge in [-0.15, -0.1) is 0 Å². The summed E-state index contributed by atoms with van der Waals surface area (Å²) in [6.45, 7) is 7.62. The SMILES string of the molecule is CC(C)(C)c1ccc(C2(CN)CC3(CCC3)C2)cc1. The molecule has 0 radical (unpaired) electrons. The van der Waals surface area contributed by atoms with Crippen molar-refractivity contribution < 1.29 is 0 Å². The quantitative estimate of drug-likeness (QED) is 0.846. The minimum Gasteiger partial charge on any atom is -0.330 e. The molecule has 2 N–H and O–H groups in total. The first-order valence-corrected chi connectivity index (χ1v) is 7.70. The second-order valence-electron chi connectivity index (χ2n) is 8.02. The predicted molar refractivity (Wildman–Crippen MR) is 81.4 cm³/mol. The summed E-state index contributed by atoms with van der Waals surface area (Å²) < 4.78 is 0. The van der Waals surface area contributed by atoms with Crippen molar-refractivity contribution in [3.8, 4) is 0 Å². The van der Waals surface area contributed by atoms with Crippen LogP contribution in [0, 0.1) is 5.41 Å². The Morgan fingerprint density at radius 3 is 2.00 bits per heavy atom. The van der Waals surface area contributed by atoms with E-state index < -0.39 is 0 Å². The van der Waals surface area contributed by atoms with Crippen LogP contribution in [-0.2, 0) is 10.8 Å². The Morgan fingerprint density at radius 1 is 1.05 bits per heavy atom. The summed E-state index contributed by atoms with van der Waals surface area (Å²) >= 11 is 0.